The second-order valence-electron chi connectivity index (χ2n) is 31.5. The number of amides is 15. The first-order chi connectivity index (χ1) is 60.5. The number of aryl methyl sites for hydroxylation is 2. The fraction of sp³-hybridized carbons (Fsp3) is 0.253. The number of nitrogens with zero attached hydrogens (tertiary/aromatic N) is 7. The molecule has 21 rings (SSSR count). The average Bonchev–Trinajstić information content (AvgIpc) is 1.59. The van der Waals surface area contributed by atoms with E-state index >= 15 is 0 Å². The number of hydrogen-bond acceptors (Lipinski definition) is 26. The Morgan fingerprint density at radius 2 is 1.00 bits per heavy atom. The number of anilines is 1. The molecular weight excluding hydrogens is 1640 g/mol. The van der Waals surface area contributed by atoms with E-state index in [1.165, 1.54) is 66.6 Å². The van der Waals surface area contributed by atoms with E-state index in [0.29, 0.717) is 107 Å². The highest BCUT2D eigenvalue weighted by Crippen LogP contribution is 2.44. The number of urea groups is 3. The number of halogens is 1. The van der Waals surface area contributed by atoms with Crippen LogP contribution < -0.4 is 71.9 Å². The summed E-state index contributed by atoms with van der Waals surface area (Å²) in [6, 6.07) is 32.0. The number of carbonyl (C=O) groups is 12. The monoisotopic (exact) mass is 1710 g/mol. The van der Waals surface area contributed by atoms with Gasteiger partial charge in [0.1, 0.15) is 74.0 Å². The summed E-state index contributed by atoms with van der Waals surface area (Å²) in [7, 11) is 5.90. The van der Waals surface area contributed by atoms with Crippen LogP contribution in [0.15, 0.2) is 162 Å². The molecule has 0 saturated carbocycles. The molecule has 7 aromatic heterocycles. The summed E-state index contributed by atoms with van der Waals surface area (Å²) in [5.41, 5.74) is 8.72. The van der Waals surface area contributed by atoms with Gasteiger partial charge in [-0.1, -0.05) is 35.5 Å². The minimum Gasteiger partial charge on any atom is -0.619 e. The van der Waals surface area contributed by atoms with E-state index in [0.717, 1.165) is 52.2 Å². The highest BCUT2D eigenvalue weighted by molar-refractivity contribution is 6.12. The third-order valence-corrected chi connectivity index (χ3v) is 23.7. The number of nitrogens with one attached hydrogen (secondary N) is 8. The lowest BCUT2D eigenvalue weighted by Crippen LogP contribution is -2.52. The Hall–Kier alpha value is -16.0. The third kappa shape index (κ3) is 13.8. The standard InChI is InChI=1S/C25H21N5O6.C21H17FN4O5.C21H21N3O5.C20H16N4O6/c1-12-20(21(26)29-36-12)13-4-6-18-15(7-13)8-19(35-18)25(23(32)27-24(33)28-25)11-30-10-14-3-5-16(34-2)9-17(14)22(30)31;1-10-5-14-12(7-23-10)6-15(31-14)21(19(28)24-20(29)25-21)9-26-8-11-3-4-13(30-2)17(22)16(11)18(26)27;1-28-14-3-2-12-10-24(19(26)15(12)7-14)11-21(8-18(25)23-20(21)27)17-6-13-9-22-5-4-16(13)29-17;1-29-13-3-2-11-8-23(17(25)14(11)7-13)10-20(18(26)21-19(27)22-20)16-6-12-9-24(28)5-4-15(12)30-16/h3-9H,10-11H2,1-2H3,(H2,26,29)(H2,27,28,32,33);3-7H,8-9H2,1-2H3,(H2,24,25,28,29);2-3,6-7,22H,4-5,8-11H2,1H3,(H,23,25,27);2-7,9H,8,10H2,1H3,(H2,21,22,26,27)/t25-;2*21-;20-/m0010/s1. The molecule has 10 N–H and O–H groups in total. The number of carbonyl (C=O) groups excluding carboxylic acids is 12. The molecule has 0 spiro atoms. The van der Waals surface area contributed by atoms with Crippen molar-refractivity contribution in [3.05, 3.63) is 241 Å². The molecule has 5 aromatic carbocycles. The van der Waals surface area contributed by atoms with Crippen LogP contribution in [0.3, 0.4) is 0 Å². The van der Waals surface area contributed by atoms with Gasteiger partial charge in [0, 0.05) is 109 Å². The van der Waals surface area contributed by atoms with Crippen LogP contribution in [0.2, 0.25) is 0 Å². The van der Waals surface area contributed by atoms with Gasteiger partial charge in [0.2, 0.25) is 11.8 Å². The van der Waals surface area contributed by atoms with Gasteiger partial charge >= 0.3 is 18.1 Å². The van der Waals surface area contributed by atoms with Gasteiger partial charge in [-0.2, -0.15) is 4.73 Å². The summed E-state index contributed by atoms with van der Waals surface area (Å²) in [5, 5.41) is 37.4. The summed E-state index contributed by atoms with van der Waals surface area (Å²) in [6.07, 6.45) is 4.86. The summed E-state index contributed by atoms with van der Waals surface area (Å²) in [6.45, 7) is 5.60. The predicted molar refractivity (Wildman–Crippen MR) is 434 cm³/mol. The van der Waals surface area contributed by atoms with E-state index in [4.69, 9.17) is 46.9 Å². The molecule has 16 heterocycles. The number of aromatic nitrogens is 3. The maximum atomic E-state index is 14.7. The number of furan rings is 4. The Bertz CT molecular complexity index is 6680. The van der Waals surface area contributed by atoms with Gasteiger partial charge in [-0.15, -0.1) is 0 Å². The van der Waals surface area contributed by atoms with Crippen LogP contribution in [0.5, 0.6) is 23.0 Å². The number of benzene rings is 5. The number of hydrogen-bond donors (Lipinski definition) is 9. The smallest absolute Gasteiger partial charge is 0.322 e. The van der Waals surface area contributed by atoms with E-state index in [9.17, 15) is 67.1 Å². The zero-order valence-electron chi connectivity index (χ0n) is 67.8. The van der Waals surface area contributed by atoms with Crippen molar-refractivity contribution in [2.75, 3.05) is 66.9 Å². The number of nitrogens with two attached hydrogens (primary N) is 1. The van der Waals surface area contributed by atoms with Crippen LogP contribution in [0.25, 0.3) is 44.0 Å². The minimum atomic E-state index is -1.66. The van der Waals surface area contributed by atoms with Crippen molar-refractivity contribution in [3.63, 3.8) is 0 Å². The molecule has 12 aromatic rings. The van der Waals surface area contributed by atoms with Crippen molar-refractivity contribution in [1.29, 1.82) is 0 Å². The van der Waals surface area contributed by atoms with Crippen LogP contribution in [0.4, 0.5) is 24.6 Å². The highest BCUT2D eigenvalue weighted by atomic mass is 19.1. The molecule has 642 valence electrons. The van der Waals surface area contributed by atoms with E-state index in [2.05, 4.69) is 52.7 Å². The zero-order chi connectivity index (χ0) is 88.3. The molecule has 4 fully saturated rings. The Morgan fingerprint density at radius 1 is 0.500 bits per heavy atom. The molecule has 0 unspecified atom stereocenters. The molecule has 9 aliphatic heterocycles. The lowest BCUT2D eigenvalue weighted by Gasteiger charge is -2.29. The lowest BCUT2D eigenvalue weighted by atomic mass is 9.82. The molecule has 9 aliphatic rings. The quantitative estimate of drug-likeness (QED) is 0.0209. The summed E-state index contributed by atoms with van der Waals surface area (Å²) < 4.78 is 64.9. The minimum absolute atomic E-state index is 0.0326. The topological polar surface area (TPSA) is 495 Å². The molecular formula is C87H75FN16O22. The Labute approximate surface area is 710 Å². The predicted octanol–water partition coefficient (Wildman–Crippen LogP) is 6.29. The van der Waals surface area contributed by atoms with E-state index in [1.54, 1.807) is 105 Å². The van der Waals surface area contributed by atoms with Crippen molar-refractivity contribution >= 4 is 110 Å². The maximum Gasteiger partial charge on any atom is 0.322 e. The number of fused-ring (bicyclic) bond motifs is 8. The van der Waals surface area contributed by atoms with Crippen LogP contribution in [0.1, 0.15) is 116 Å². The Morgan fingerprint density at radius 3 is 1.49 bits per heavy atom. The van der Waals surface area contributed by atoms with Gasteiger partial charge in [0.25, 0.3) is 41.4 Å². The molecule has 4 atom stereocenters. The number of methoxy groups -OCH3 is 4. The fourth-order valence-electron chi connectivity index (χ4n) is 17.3. The van der Waals surface area contributed by atoms with Crippen molar-refractivity contribution < 1.29 is 108 Å². The third-order valence-electron chi connectivity index (χ3n) is 23.7. The summed E-state index contributed by atoms with van der Waals surface area (Å²) >= 11 is 0. The summed E-state index contributed by atoms with van der Waals surface area (Å²) in [4.78, 5) is 163. The lowest BCUT2D eigenvalue weighted by molar-refractivity contribution is -0.603. The number of pyridine rings is 2. The van der Waals surface area contributed by atoms with Crippen LogP contribution in [-0.2, 0) is 85.1 Å². The Kier molecular flexibility index (Phi) is 19.9. The van der Waals surface area contributed by atoms with E-state index < -0.39 is 75.5 Å². The van der Waals surface area contributed by atoms with Gasteiger partial charge in [0.05, 0.1) is 71.0 Å². The van der Waals surface area contributed by atoms with Gasteiger partial charge in [-0.3, -0.25) is 69.4 Å². The van der Waals surface area contributed by atoms with Crippen LogP contribution in [0, 0.1) is 24.9 Å². The number of ether oxygens (including phenoxy) is 4. The number of nitrogen functional groups attached to an aromatic ring is 1. The van der Waals surface area contributed by atoms with E-state index in [1.807, 2.05) is 30.3 Å². The van der Waals surface area contributed by atoms with E-state index in [-0.39, 0.29) is 110 Å². The van der Waals surface area contributed by atoms with Crippen molar-refractivity contribution in [2.45, 2.75) is 81.4 Å². The normalized spacial score (nSPS) is 20.6. The number of imide groups is 4. The largest absolute Gasteiger partial charge is 0.619 e. The first-order valence-corrected chi connectivity index (χ1v) is 39.4. The molecule has 15 amide bonds. The molecule has 39 heteroatoms. The van der Waals surface area contributed by atoms with Gasteiger partial charge < -0.3 is 92.9 Å². The average molecular weight is 1720 g/mol. The number of rotatable bonds is 17. The molecule has 0 aliphatic carbocycles. The zero-order valence-corrected chi connectivity index (χ0v) is 67.8. The maximum absolute atomic E-state index is 14.7. The van der Waals surface area contributed by atoms with Crippen molar-refractivity contribution in [2.24, 2.45) is 0 Å². The molecule has 38 nitrogen and oxygen atoms in total. The van der Waals surface area contributed by atoms with Crippen LogP contribution >= 0.6 is 0 Å². The fourth-order valence-corrected chi connectivity index (χ4v) is 17.3. The van der Waals surface area contributed by atoms with Gasteiger partial charge in [-0.25, -0.2) is 18.8 Å². The first-order valence-electron chi connectivity index (χ1n) is 39.4. The molecule has 126 heavy (non-hydrogen) atoms. The molecule has 4 saturated heterocycles. The van der Waals surface area contributed by atoms with Crippen molar-refractivity contribution in [1.82, 2.24) is 72.3 Å². The highest BCUT2D eigenvalue weighted by Gasteiger charge is 2.58. The molecule has 0 radical (unpaired) electrons. The Balaban J connectivity index is 0.000000114. The van der Waals surface area contributed by atoms with Crippen molar-refractivity contribution in [3.8, 4) is 34.1 Å². The van der Waals surface area contributed by atoms with Gasteiger partial charge in [-0.05, 0) is 121 Å². The van der Waals surface area contributed by atoms with Gasteiger partial charge in [0.15, 0.2) is 46.4 Å². The second-order valence-corrected chi connectivity index (χ2v) is 31.5. The SMILES string of the molecule is COc1ccc2c(c1)C(=O)N(C[C@@]1(c3cc4c(o3)CCNC4)CC(=O)NC1=O)C2.COc1ccc2c(c1)C(=O)N(C[C@@]1(c3cc4c[n+]([O-])ccc4o3)NC(=O)NC1=O)C2.COc1ccc2c(c1)C(=O)N(C[C@@]1(c3cc4cc(-c5c(N)noc5C)ccc4o3)NC(=O)NC1=O)C2.COc1ccc2c(c1F)C(=O)N(C[C@@]1(c3cc4cnc(C)cc4o3)NC(=O)NC1=O)C2. The van der Waals surface area contributed by atoms with Crippen LogP contribution in [-0.4, -0.2) is 162 Å². The first kappa shape index (κ1) is 81.1. The summed E-state index contributed by atoms with van der Waals surface area (Å²) in [5.74, 6) is -0.487. The second kappa shape index (κ2) is 30.9. The molecule has 0 bridgehead atoms.